The van der Waals surface area contributed by atoms with Gasteiger partial charge in [-0.1, -0.05) is 6.92 Å². The molecular weight excluding hydrogens is 188 g/mol. The quantitative estimate of drug-likeness (QED) is 0.775. The van der Waals surface area contributed by atoms with Crippen LogP contribution in [-0.2, 0) is 17.7 Å². The molecule has 0 radical (unpaired) electrons. The van der Waals surface area contributed by atoms with Crippen LogP contribution in [0.1, 0.15) is 31.2 Å². The normalized spacial score (nSPS) is 21.0. The summed E-state index contributed by atoms with van der Waals surface area (Å²) in [7, 11) is 0. The molecule has 15 heavy (non-hydrogen) atoms. The number of hydrogen-bond donors (Lipinski definition) is 2. The largest absolute Gasteiger partial charge is 0.377 e. The summed E-state index contributed by atoms with van der Waals surface area (Å²) < 4.78 is 5.54. The molecule has 0 saturated carbocycles. The van der Waals surface area contributed by atoms with Crippen LogP contribution in [0.5, 0.6) is 0 Å². The zero-order chi connectivity index (χ0) is 10.5. The van der Waals surface area contributed by atoms with Crippen molar-refractivity contribution in [2.24, 2.45) is 0 Å². The molecule has 2 rings (SSSR count). The third-order valence-corrected chi connectivity index (χ3v) is 2.90. The van der Waals surface area contributed by atoms with Crippen molar-refractivity contribution in [3.05, 3.63) is 23.5 Å². The lowest BCUT2D eigenvalue weighted by atomic mass is 10.2. The zero-order valence-electron chi connectivity index (χ0n) is 9.38. The highest BCUT2D eigenvalue weighted by Crippen LogP contribution is 2.10. The van der Waals surface area contributed by atoms with Gasteiger partial charge in [0.2, 0.25) is 0 Å². The SMILES string of the molecule is CCc1ccc(CNC[C@@H]2CCCO2)[nH]1. The summed E-state index contributed by atoms with van der Waals surface area (Å²) in [5.41, 5.74) is 2.58. The number of aromatic amines is 1. The molecule has 3 nitrogen and oxygen atoms in total. The third-order valence-electron chi connectivity index (χ3n) is 2.90. The predicted molar refractivity (Wildman–Crippen MR) is 60.9 cm³/mol. The second-order valence-corrected chi connectivity index (χ2v) is 4.13. The predicted octanol–water partition coefficient (Wildman–Crippen LogP) is 1.85. The lowest BCUT2D eigenvalue weighted by molar-refractivity contribution is 0.110. The maximum absolute atomic E-state index is 5.54. The van der Waals surface area contributed by atoms with Crippen LogP contribution < -0.4 is 5.32 Å². The molecule has 0 bridgehead atoms. The van der Waals surface area contributed by atoms with E-state index in [-0.39, 0.29) is 0 Å². The lowest BCUT2D eigenvalue weighted by Crippen LogP contribution is -2.25. The Balaban J connectivity index is 1.68. The summed E-state index contributed by atoms with van der Waals surface area (Å²) in [6.07, 6.45) is 3.93. The second kappa shape index (κ2) is 5.33. The van der Waals surface area contributed by atoms with E-state index in [1.54, 1.807) is 0 Å². The lowest BCUT2D eigenvalue weighted by Gasteiger charge is -2.09. The monoisotopic (exact) mass is 208 g/mol. The molecule has 2 heterocycles. The van der Waals surface area contributed by atoms with Gasteiger partial charge in [-0.05, 0) is 31.4 Å². The first kappa shape index (κ1) is 10.7. The first-order chi connectivity index (χ1) is 7.38. The Labute approximate surface area is 91.2 Å². The number of aromatic nitrogens is 1. The van der Waals surface area contributed by atoms with Crippen molar-refractivity contribution in [1.29, 1.82) is 0 Å². The maximum atomic E-state index is 5.54. The van der Waals surface area contributed by atoms with Gasteiger partial charge in [-0.25, -0.2) is 0 Å². The molecule has 0 spiro atoms. The molecule has 84 valence electrons. The van der Waals surface area contributed by atoms with Gasteiger partial charge in [-0.15, -0.1) is 0 Å². The molecular formula is C12H20N2O. The van der Waals surface area contributed by atoms with E-state index in [0.29, 0.717) is 6.10 Å². The van der Waals surface area contributed by atoms with E-state index in [2.05, 4.69) is 29.4 Å². The van der Waals surface area contributed by atoms with E-state index in [1.165, 1.54) is 24.2 Å². The second-order valence-electron chi connectivity index (χ2n) is 4.13. The van der Waals surface area contributed by atoms with Crippen LogP contribution in [0, 0.1) is 0 Å². The van der Waals surface area contributed by atoms with Gasteiger partial charge in [0.25, 0.3) is 0 Å². The van der Waals surface area contributed by atoms with E-state index in [1.807, 2.05) is 0 Å². The standard InChI is InChI=1S/C12H20N2O/c1-2-10-5-6-11(14-10)8-13-9-12-4-3-7-15-12/h5-6,12-14H,2-4,7-9H2,1H3/t12-/m0/s1. The van der Waals surface area contributed by atoms with Crippen LogP contribution in [0.25, 0.3) is 0 Å². The van der Waals surface area contributed by atoms with Crippen molar-refractivity contribution in [3.63, 3.8) is 0 Å². The molecule has 1 saturated heterocycles. The van der Waals surface area contributed by atoms with Gasteiger partial charge >= 0.3 is 0 Å². The van der Waals surface area contributed by atoms with Crippen LogP contribution in [0.3, 0.4) is 0 Å². The smallest absolute Gasteiger partial charge is 0.0700 e. The molecule has 1 fully saturated rings. The third kappa shape index (κ3) is 3.08. The first-order valence-corrected chi connectivity index (χ1v) is 5.87. The molecule has 0 unspecified atom stereocenters. The topological polar surface area (TPSA) is 37.0 Å². The van der Waals surface area contributed by atoms with E-state index < -0.39 is 0 Å². The van der Waals surface area contributed by atoms with Crippen molar-refractivity contribution in [3.8, 4) is 0 Å². The number of nitrogens with one attached hydrogen (secondary N) is 2. The Hall–Kier alpha value is -0.800. The molecule has 0 aromatic carbocycles. The summed E-state index contributed by atoms with van der Waals surface area (Å²) in [5, 5.41) is 3.42. The Morgan fingerprint density at radius 3 is 3.00 bits per heavy atom. The van der Waals surface area contributed by atoms with E-state index in [0.717, 1.165) is 26.1 Å². The summed E-state index contributed by atoms with van der Waals surface area (Å²) in [4.78, 5) is 3.38. The Bertz CT molecular complexity index is 290. The fourth-order valence-electron chi connectivity index (χ4n) is 1.97. The van der Waals surface area contributed by atoms with E-state index >= 15 is 0 Å². The molecule has 3 heteroatoms. The van der Waals surface area contributed by atoms with Gasteiger partial charge in [0, 0.05) is 31.1 Å². The van der Waals surface area contributed by atoms with Crippen molar-refractivity contribution in [1.82, 2.24) is 10.3 Å². The van der Waals surface area contributed by atoms with Crippen molar-refractivity contribution < 1.29 is 4.74 Å². The minimum atomic E-state index is 0.436. The highest BCUT2D eigenvalue weighted by Gasteiger charge is 2.14. The van der Waals surface area contributed by atoms with Gasteiger partial charge in [-0.3, -0.25) is 0 Å². The Morgan fingerprint density at radius 1 is 1.47 bits per heavy atom. The van der Waals surface area contributed by atoms with Gasteiger partial charge in [-0.2, -0.15) is 0 Å². The van der Waals surface area contributed by atoms with E-state index in [4.69, 9.17) is 4.74 Å². The number of ether oxygens (including phenoxy) is 1. The molecule has 1 aliphatic heterocycles. The fraction of sp³-hybridized carbons (Fsp3) is 0.667. The van der Waals surface area contributed by atoms with Crippen molar-refractivity contribution in [2.75, 3.05) is 13.2 Å². The summed E-state index contributed by atoms with van der Waals surface area (Å²) in [6.45, 7) is 4.99. The van der Waals surface area contributed by atoms with Crippen LogP contribution in [0.15, 0.2) is 12.1 Å². The van der Waals surface area contributed by atoms with Crippen LogP contribution in [0.2, 0.25) is 0 Å². The van der Waals surface area contributed by atoms with Crippen LogP contribution in [-0.4, -0.2) is 24.2 Å². The molecule has 1 aliphatic rings. The van der Waals surface area contributed by atoms with Gasteiger partial charge < -0.3 is 15.0 Å². The zero-order valence-corrected chi connectivity index (χ0v) is 9.38. The summed E-state index contributed by atoms with van der Waals surface area (Å²) in [6, 6.07) is 4.31. The Morgan fingerprint density at radius 2 is 2.33 bits per heavy atom. The van der Waals surface area contributed by atoms with Gasteiger partial charge in [0.05, 0.1) is 6.10 Å². The fourth-order valence-corrected chi connectivity index (χ4v) is 1.97. The van der Waals surface area contributed by atoms with Crippen LogP contribution >= 0.6 is 0 Å². The molecule has 1 atom stereocenters. The van der Waals surface area contributed by atoms with Crippen molar-refractivity contribution >= 4 is 0 Å². The van der Waals surface area contributed by atoms with E-state index in [9.17, 15) is 0 Å². The van der Waals surface area contributed by atoms with Gasteiger partial charge in [0.1, 0.15) is 0 Å². The number of hydrogen-bond acceptors (Lipinski definition) is 2. The number of rotatable bonds is 5. The molecule has 0 aliphatic carbocycles. The average molecular weight is 208 g/mol. The minimum absolute atomic E-state index is 0.436. The number of aryl methyl sites for hydroxylation is 1. The summed E-state index contributed by atoms with van der Waals surface area (Å²) >= 11 is 0. The summed E-state index contributed by atoms with van der Waals surface area (Å²) in [5.74, 6) is 0. The Kier molecular flexibility index (Phi) is 3.80. The molecule has 0 amide bonds. The van der Waals surface area contributed by atoms with Crippen LogP contribution in [0.4, 0.5) is 0 Å². The highest BCUT2D eigenvalue weighted by molar-refractivity contribution is 5.12. The highest BCUT2D eigenvalue weighted by atomic mass is 16.5. The maximum Gasteiger partial charge on any atom is 0.0700 e. The molecule has 2 N–H and O–H groups in total. The van der Waals surface area contributed by atoms with Gasteiger partial charge in [0.15, 0.2) is 0 Å². The minimum Gasteiger partial charge on any atom is -0.377 e. The average Bonchev–Trinajstić information content (AvgIpc) is 2.88. The first-order valence-electron chi connectivity index (χ1n) is 5.87. The molecule has 1 aromatic rings. The molecule has 1 aromatic heterocycles. The van der Waals surface area contributed by atoms with Crippen molar-refractivity contribution in [2.45, 2.75) is 38.8 Å². The number of H-pyrrole nitrogens is 1.